The number of unbranched alkanes of at least 4 members (excludes halogenated alkanes) is 13. The highest BCUT2D eigenvalue weighted by Crippen LogP contribution is 2.12. The SMILES string of the molecule is CCCCCCCCCCCCCCCCN(C)C.N. The Hall–Kier alpha value is -0.0800. The van der Waals surface area contributed by atoms with Crippen LogP contribution in [0.1, 0.15) is 96.8 Å². The Bertz CT molecular complexity index is 157. The van der Waals surface area contributed by atoms with Crippen LogP contribution in [0.3, 0.4) is 0 Å². The lowest BCUT2D eigenvalue weighted by atomic mass is 10.0. The maximum absolute atomic E-state index is 2.29. The molecule has 0 unspecified atom stereocenters. The van der Waals surface area contributed by atoms with Crippen LogP contribution in [-0.4, -0.2) is 25.5 Å². The zero-order valence-corrected chi connectivity index (χ0v) is 14.8. The molecule has 124 valence electrons. The molecule has 0 aliphatic carbocycles. The first-order chi connectivity index (χ1) is 9.27. The third-order valence-corrected chi connectivity index (χ3v) is 3.96. The molecule has 0 saturated heterocycles. The van der Waals surface area contributed by atoms with Crippen LogP contribution in [0, 0.1) is 0 Å². The number of rotatable bonds is 15. The van der Waals surface area contributed by atoms with E-state index in [9.17, 15) is 0 Å². The lowest BCUT2D eigenvalue weighted by Crippen LogP contribution is -2.12. The fourth-order valence-electron chi connectivity index (χ4n) is 2.62. The van der Waals surface area contributed by atoms with Crippen molar-refractivity contribution in [1.29, 1.82) is 0 Å². The third kappa shape index (κ3) is 20.2. The van der Waals surface area contributed by atoms with Crippen molar-refractivity contribution < 1.29 is 0 Å². The van der Waals surface area contributed by atoms with E-state index in [1.54, 1.807) is 0 Å². The molecule has 0 aromatic rings. The van der Waals surface area contributed by atoms with Gasteiger partial charge in [-0.15, -0.1) is 0 Å². The Morgan fingerprint density at radius 3 is 1.10 bits per heavy atom. The van der Waals surface area contributed by atoms with Gasteiger partial charge in [0.25, 0.3) is 0 Å². The molecule has 0 amide bonds. The van der Waals surface area contributed by atoms with Gasteiger partial charge in [-0.2, -0.15) is 0 Å². The molecule has 0 rings (SSSR count). The summed E-state index contributed by atoms with van der Waals surface area (Å²) >= 11 is 0. The minimum absolute atomic E-state index is 0. The van der Waals surface area contributed by atoms with Gasteiger partial charge in [-0.1, -0.05) is 90.4 Å². The Morgan fingerprint density at radius 1 is 0.500 bits per heavy atom. The molecule has 0 aliphatic heterocycles. The van der Waals surface area contributed by atoms with Crippen LogP contribution in [0.4, 0.5) is 0 Å². The maximum atomic E-state index is 2.29. The predicted molar refractivity (Wildman–Crippen MR) is 93.9 cm³/mol. The number of hydrogen-bond donors (Lipinski definition) is 1. The smallest absolute Gasteiger partial charge is 0.00248 e. The normalized spacial score (nSPS) is 10.8. The molecule has 0 aliphatic rings. The minimum Gasteiger partial charge on any atom is -0.344 e. The highest BCUT2D eigenvalue weighted by molar-refractivity contribution is 4.50. The van der Waals surface area contributed by atoms with Crippen molar-refractivity contribution >= 4 is 0 Å². The summed E-state index contributed by atoms with van der Waals surface area (Å²) in [6, 6.07) is 0. The molecule has 2 heteroatoms. The summed E-state index contributed by atoms with van der Waals surface area (Å²) in [5.41, 5.74) is 0. The van der Waals surface area contributed by atoms with E-state index < -0.39 is 0 Å². The van der Waals surface area contributed by atoms with E-state index in [1.807, 2.05) is 0 Å². The number of nitrogens with zero attached hydrogens (tertiary/aromatic N) is 1. The zero-order valence-electron chi connectivity index (χ0n) is 14.8. The molecule has 0 fully saturated rings. The van der Waals surface area contributed by atoms with Gasteiger partial charge in [0.1, 0.15) is 0 Å². The van der Waals surface area contributed by atoms with Gasteiger partial charge in [0.2, 0.25) is 0 Å². The standard InChI is InChI=1S/C18H39N.H3N/c1-4-5-6-7-8-9-10-11-12-13-14-15-16-17-18-19(2)3;/h4-18H2,1-3H3;1H3. The van der Waals surface area contributed by atoms with Gasteiger partial charge >= 0.3 is 0 Å². The summed E-state index contributed by atoms with van der Waals surface area (Å²) in [7, 11) is 4.34. The highest BCUT2D eigenvalue weighted by Gasteiger charge is 1.94. The van der Waals surface area contributed by atoms with Crippen LogP contribution in [0.25, 0.3) is 0 Å². The quantitative estimate of drug-likeness (QED) is 0.364. The number of hydrogen-bond acceptors (Lipinski definition) is 2. The van der Waals surface area contributed by atoms with Crippen molar-refractivity contribution in [2.24, 2.45) is 0 Å². The zero-order chi connectivity index (χ0) is 14.2. The van der Waals surface area contributed by atoms with Crippen molar-refractivity contribution in [1.82, 2.24) is 11.1 Å². The molecule has 3 N–H and O–H groups in total. The van der Waals surface area contributed by atoms with Gasteiger partial charge in [0.15, 0.2) is 0 Å². The Kier molecular flexibility index (Phi) is 21.0. The summed E-state index contributed by atoms with van der Waals surface area (Å²) in [4.78, 5) is 2.29. The largest absolute Gasteiger partial charge is 0.344 e. The Labute approximate surface area is 129 Å². The molecular weight excluding hydrogens is 244 g/mol. The first kappa shape index (κ1) is 22.2. The van der Waals surface area contributed by atoms with Crippen molar-refractivity contribution in [3.63, 3.8) is 0 Å². The molecule has 0 bridgehead atoms. The lowest BCUT2D eigenvalue weighted by Gasteiger charge is -2.08. The van der Waals surface area contributed by atoms with Crippen LogP contribution >= 0.6 is 0 Å². The molecular formula is C18H42N2. The Morgan fingerprint density at radius 2 is 0.800 bits per heavy atom. The van der Waals surface area contributed by atoms with Crippen molar-refractivity contribution in [2.75, 3.05) is 20.6 Å². The van der Waals surface area contributed by atoms with Crippen molar-refractivity contribution in [2.45, 2.75) is 96.8 Å². The van der Waals surface area contributed by atoms with Crippen LogP contribution in [-0.2, 0) is 0 Å². The maximum Gasteiger partial charge on any atom is -0.00248 e. The van der Waals surface area contributed by atoms with E-state index in [1.165, 1.54) is 96.4 Å². The molecule has 0 heterocycles. The molecule has 20 heavy (non-hydrogen) atoms. The summed E-state index contributed by atoms with van der Waals surface area (Å²) < 4.78 is 0. The second-order valence-corrected chi connectivity index (χ2v) is 6.40. The first-order valence-electron chi connectivity index (χ1n) is 8.92. The van der Waals surface area contributed by atoms with E-state index in [-0.39, 0.29) is 6.15 Å². The Balaban J connectivity index is 0. The summed E-state index contributed by atoms with van der Waals surface area (Å²) in [5, 5.41) is 0. The summed E-state index contributed by atoms with van der Waals surface area (Å²) in [6.45, 7) is 3.55. The molecule has 0 atom stereocenters. The molecule has 0 radical (unpaired) electrons. The van der Waals surface area contributed by atoms with Crippen molar-refractivity contribution in [3.05, 3.63) is 0 Å². The molecule has 0 aromatic heterocycles. The highest BCUT2D eigenvalue weighted by atomic mass is 15.0. The van der Waals surface area contributed by atoms with E-state index >= 15 is 0 Å². The van der Waals surface area contributed by atoms with Gasteiger partial charge in [-0.05, 0) is 27.1 Å². The average molecular weight is 287 g/mol. The van der Waals surface area contributed by atoms with Gasteiger partial charge in [0.05, 0.1) is 0 Å². The predicted octanol–water partition coefficient (Wildman–Crippen LogP) is 6.19. The topological polar surface area (TPSA) is 38.2 Å². The average Bonchev–Trinajstić information content (AvgIpc) is 2.39. The second kappa shape index (κ2) is 18.9. The fraction of sp³-hybridized carbons (Fsp3) is 1.00. The van der Waals surface area contributed by atoms with Gasteiger partial charge in [0, 0.05) is 0 Å². The van der Waals surface area contributed by atoms with Crippen LogP contribution in [0.15, 0.2) is 0 Å². The minimum atomic E-state index is 0. The molecule has 0 spiro atoms. The van der Waals surface area contributed by atoms with Crippen LogP contribution in [0.5, 0.6) is 0 Å². The fourth-order valence-corrected chi connectivity index (χ4v) is 2.62. The molecule has 2 nitrogen and oxygen atoms in total. The first-order valence-corrected chi connectivity index (χ1v) is 8.92. The van der Waals surface area contributed by atoms with Crippen LogP contribution in [0.2, 0.25) is 0 Å². The van der Waals surface area contributed by atoms with E-state index in [2.05, 4.69) is 25.9 Å². The third-order valence-electron chi connectivity index (χ3n) is 3.96. The van der Waals surface area contributed by atoms with Gasteiger partial charge in [-0.25, -0.2) is 0 Å². The lowest BCUT2D eigenvalue weighted by molar-refractivity contribution is 0.389. The molecule has 0 aromatic carbocycles. The van der Waals surface area contributed by atoms with Gasteiger partial charge < -0.3 is 11.1 Å². The monoisotopic (exact) mass is 286 g/mol. The van der Waals surface area contributed by atoms with E-state index in [4.69, 9.17) is 0 Å². The summed E-state index contributed by atoms with van der Waals surface area (Å²) in [6.07, 6.45) is 20.3. The van der Waals surface area contributed by atoms with Crippen LogP contribution < -0.4 is 6.15 Å². The van der Waals surface area contributed by atoms with Gasteiger partial charge in [-0.3, -0.25) is 0 Å². The van der Waals surface area contributed by atoms with E-state index in [0.717, 1.165) is 0 Å². The van der Waals surface area contributed by atoms with Crippen molar-refractivity contribution in [3.8, 4) is 0 Å². The second-order valence-electron chi connectivity index (χ2n) is 6.40. The van der Waals surface area contributed by atoms with E-state index in [0.29, 0.717) is 0 Å². The summed E-state index contributed by atoms with van der Waals surface area (Å²) in [5.74, 6) is 0. The molecule has 0 saturated carbocycles.